The maximum Gasteiger partial charge on any atom is 0.303 e. The number of ether oxygens (including phenoxy) is 1. The number of rotatable bonds is 7. The van der Waals surface area contributed by atoms with Crippen LogP contribution in [0.5, 0.6) is 5.75 Å². The molecule has 0 spiro atoms. The lowest BCUT2D eigenvalue weighted by atomic mass is 9.81. The number of aromatic nitrogens is 1. The molecule has 47 heavy (non-hydrogen) atoms. The van der Waals surface area contributed by atoms with Crippen LogP contribution in [0.4, 0.5) is 0 Å². The van der Waals surface area contributed by atoms with Gasteiger partial charge in [0.25, 0.3) is 5.91 Å². The summed E-state index contributed by atoms with van der Waals surface area (Å²) in [7, 11) is 1.30. The number of hydrogen-bond donors (Lipinski definition) is 1. The maximum atomic E-state index is 14.8. The first-order valence-corrected chi connectivity index (χ1v) is 18.6. The Labute approximate surface area is 277 Å². The van der Waals surface area contributed by atoms with Crippen LogP contribution in [0, 0.1) is 5.41 Å². The summed E-state index contributed by atoms with van der Waals surface area (Å²) in [6, 6.07) is 12.4. The van der Waals surface area contributed by atoms with Crippen LogP contribution in [0.2, 0.25) is 0 Å². The molecule has 4 unspecified atom stereocenters. The number of benzene rings is 2. The highest BCUT2D eigenvalue weighted by molar-refractivity contribution is 7.87. The van der Waals surface area contributed by atoms with Gasteiger partial charge in [-0.25, -0.2) is 4.72 Å². The van der Waals surface area contributed by atoms with Crippen molar-refractivity contribution in [2.24, 2.45) is 5.41 Å². The van der Waals surface area contributed by atoms with E-state index in [1.165, 1.54) is 37.4 Å². The van der Waals surface area contributed by atoms with Gasteiger partial charge in [0.15, 0.2) is 0 Å². The first-order chi connectivity index (χ1) is 22.6. The Kier molecular flexibility index (Phi) is 7.27. The molecule has 2 bridgehead atoms. The molecule has 250 valence electrons. The number of fused-ring (bicyclic) bond motifs is 9. The maximum absolute atomic E-state index is 14.8. The number of methoxy groups -OCH3 is 1. The lowest BCUT2D eigenvalue weighted by Gasteiger charge is -2.56. The number of carbonyl (C=O) groups is 2. The number of piperidine rings is 1. The predicted molar refractivity (Wildman–Crippen MR) is 181 cm³/mol. The summed E-state index contributed by atoms with van der Waals surface area (Å²) in [4.78, 5) is 32.8. The minimum absolute atomic E-state index is 0.0783. The van der Waals surface area contributed by atoms with Crippen molar-refractivity contribution in [3.8, 4) is 17.0 Å². The number of likely N-dealkylation sites (tertiary alicyclic amines) is 2. The van der Waals surface area contributed by atoms with E-state index in [0.717, 1.165) is 71.0 Å². The van der Waals surface area contributed by atoms with Gasteiger partial charge >= 0.3 is 10.2 Å². The number of nitrogens with zero attached hydrogens (tertiary/aromatic N) is 4. The van der Waals surface area contributed by atoms with Crippen LogP contribution in [0.1, 0.15) is 85.2 Å². The Bertz CT molecular complexity index is 1890. The van der Waals surface area contributed by atoms with Crippen LogP contribution in [-0.4, -0.2) is 91.8 Å². The van der Waals surface area contributed by atoms with Gasteiger partial charge in [-0.3, -0.25) is 9.59 Å². The van der Waals surface area contributed by atoms with Gasteiger partial charge < -0.3 is 19.1 Å². The highest BCUT2D eigenvalue weighted by Crippen LogP contribution is 2.67. The first-order valence-electron chi connectivity index (χ1n) is 17.2. The molecule has 11 heteroatoms. The van der Waals surface area contributed by atoms with Crippen molar-refractivity contribution in [2.75, 3.05) is 40.8 Å². The zero-order chi connectivity index (χ0) is 32.8. The van der Waals surface area contributed by atoms with Gasteiger partial charge in [-0.05, 0) is 80.1 Å². The number of hydrogen-bond acceptors (Lipinski definition) is 6. The summed E-state index contributed by atoms with van der Waals surface area (Å²) in [6.07, 6.45) is 7.62. The monoisotopic (exact) mass is 659 g/mol. The third-order valence-electron chi connectivity index (χ3n) is 11.9. The van der Waals surface area contributed by atoms with Crippen LogP contribution >= 0.6 is 0 Å². The van der Waals surface area contributed by atoms with E-state index in [4.69, 9.17) is 4.74 Å². The van der Waals surface area contributed by atoms with Gasteiger partial charge in [-0.15, -0.1) is 0 Å². The van der Waals surface area contributed by atoms with E-state index in [-0.39, 0.29) is 36.0 Å². The summed E-state index contributed by atoms with van der Waals surface area (Å²) in [5.74, 6) is 0.826. The Hall–Kier alpha value is -3.41. The average molecular weight is 660 g/mol. The van der Waals surface area contributed by atoms with Crippen molar-refractivity contribution >= 4 is 32.9 Å². The fourth-order valence-electron chi connectivity index (χ4n) is 9.26. The quantitative estimate of drug-likeness (QED) is 0.395. The molecule has 10 nitrogen and oxygen atoms in total. The lowest BCUT2D eigenvalue weighted by molar-refractivity contribution is -0.159. The molecule has 4 atom stereocenters. The van der Waals surface area contributed by atoms with E-state index >= 15 is 0 Å². The molecule has 3 aromatic rings. The smallest absolute Gasteiger partial charge is 0.303 e. The molecule has 1 N–H and O–H groups in total. The van der Waals surface area contributed by atoms with Crippen molar-refractivity contribution in [1.82, 2.24) is 23.4 Å². The summed E-state index contributed by atoms with van der Waals surface area (Å²) in [5, 5.41) is 1.09. The van der Waals surface area contributed by atoms with Gasteiger partial charge in [0.05, 0.1) is 18.2 Å². The standard InChI is InChI=1S/C36H45N5O5S/c1-5-39(3)47(44,45)37-34(42)23-11-13-28-31(15-23)40-21-36(35(43)41-24-16-25(41)20-38(2)19-24)18-30(36)29-17-26(46-4)12-14-27(29)33(40)32(28)22-9-7-6-8-10-22/h11-15,17,22,24-25,30H,5-10,16,18-21H2,1-4H3,(H,37,42). The van der Waals surface area contributed by atoms with Gasteiger partial charge in [-0.2, -0.15) is 12.7 Å². The van der Waals surface area contributed by atoms with Gasteiger partial charge in [0.1, 0.15) is 5.75 Å². The molecule has 8 rings (SSSR count). The molecule has 2 aromatic carbocycles. The summed E-state index contributed by atoms with van der Waals surface area (Å²) in [6.45, 7) is 4.31. The van der Waals surface area contributed by atoms with Crippen molar-refractivity contribution in [2.45, 2.75) is 82.3 Å². The number of amides is 2. The first kappa shape index (κ1) is 30.9. The highest BCUT2D eigenvalue weighted by Gasteiger charge is 2.66. The normalized spacial score (nSPS) is 27.0. The van der Waals surface area contributed by atoms with Gasteiger partial charge in [0.2, 0.25) is 5.91 Å². The molecule has 3 aliphatic heterocycles. The second kappa shape index (κ2) is 11.1. The van der Waals surface area contributed by atoms with Crippen molar-refractivity contribution in [3.63, 3.8) is 0 Å². The Morgan fingerprint density at radius 3 is 2.51 bits per heavy atom. The third kappa shape index (κ3) is 4.75. The van der Waals surface area contributed by atoms with Crippen LogP contribution in [-0.2, 0) is 21.5 Å². The number of carbonyl (C=O) groups excluding carboxylic acids is 2. The Balaban J connectivity index is 1.30. The summed E-state index contributed by atoms with van der Waals surface area (Å²) >= 11 is 0. The molecule has 4 fully saturated rings. The summed E-state index contributed by atoms with van der Waals surface area (Å²) in [5.41, 5.74) is 5.34. The SMILES string of the molecule is CCN(C)S(=O)(=O)NC(=O)c1ccc2c(C3CCCCC3)c3n(c2c1)CC1(C(=O)N2C4CC2CN(C)C4)CC1c1cc(OC)ccc1-3. The van der Waals surface area contributed by atoms with E-state index in [1.54, 1.807) is 20.1 Å². The second-order valence-electron chi connectivity index (χ2n) is 14.6. The van der Waals surface area contributed by atoms with E-state index < -0.39 is 21.5 Å². The zero-order valence-corrected chi connectivity index (χ0v) is 28.6. The topological polar surface area (TPSA) is 104 Å². The molecule has 2 saturated carbocycles. The largest absolute Gasteiger partial charge is 0.497 e. The number of likely N-dealkylation sites (N-methyl/N-ethyl adjacent to an activating group) is 1. The Morgan fingerprint density at radius 1 is 1.06 bits per heavy atom. The van der Waals surface area contributed by atoms with Crippen molar-refractivity contribution in [1.29, 1.82) is 0 Å². The lowest BCUT2D eigenvalue weighted by Crippen LogP contribution is -2.70. The molecule has 4 heterocycles. The molecular weight excluding hydrogens is 614 g/mol. The molecule has 5 aliphatic rings. The minimum Gasteiger partial charge on any atom is -0.497 e. The van der Waals surface area contributed by atoms with Crippen molar-refractivity contribution in [3.05, 3.63) is 53.1 Å². The fraction of sp³-hybridized carbons (Fsp3) is 0.556. The average Bonchev–Trinajstić information content (AvgIpc) is 3.74. The Morgan fingerprint density at radius 2 is 1.81 bits per heavy atom. The fourth-order valence-corrected chi connectivity index (χ4v) is 10.1. The van der Waals surface area contributed by atoms with Gasteiger partial charge in [-0.1, -0.05) is 32.3 Å². The van der Waals surface area contributed by atoms with E-state index in [0.29, 0.717) is 12.5 Å². The molecule has 2 aliphatic carbocycles. The van der Waals surface area contributed by atoms with E-state index in [9.17, 15) is 18.0 Å². The molecule has 2 saturated heterocycles. The van der Waals surface area contributed by atoms with E-state index in [2.05, 4.69) is 38.3 Å². The molecule has 1 aromatic heterocycles. The summed E-state index contributed by atoms with van der Waals surface area (Å²) < 4.78 is 37.0. The van der Waals surface area contributed by atoms with Gasteiger partial charge in [0, 0.05) is 73.3 Å². The minimum atomic E-state index is -3.97. The number of nitrogens with one attached hydrogen (secondary N) is 1. The van der Waals surface area contributed by atoms with Crippen LogP contribution < -0.4 is 9.46 Å². The van der Waals surface area contributed by atoms with Crippen LogP contribution in [0.15, 0.2) is 36.4 Å². The second-order valence-corrected chi connectivity index (χ2v) is 16.4. The van der Waals surface area contributed by atoms with Crippen LogP contribution in [0.25, 0.3) is 22.2 Å². The predicted octanol–water partition coefficient (Wildman–Crippen LogP) is 4.69. The molecule has 0 radical (unpaired) electrons. The third-order valence-corrected chi connectivity index (χ3v) is 13.4. The number of piperazine rings is 1. The van der Waals surface area contributed by atoms with E-state index in [1.807, 2.05) is 18.2 Å². The highest BCUT2D eigenvalue weighted by atomic mass is 32.2. The van der Waals surface area contributed by atoms with Crippen LogP contribution in [0.3, 0.4) is 0 Å². The van der Waals surface area contributed by atoms with Crippen molar-refractivity contribution < 1.29 is 22.7 Å². The molecular formula is C36H45N5O5S. The molecule has 2 amide bonds. The zero-order valence-electron chi connectivity index (χ0n) is 27.8.